The number of nitro benzene ring substituents is 1. The number of hydrogen-bond acceptors (Lipinski definition) is 7. The Bertz CT molecular complexity index is 1870. The maximum Gasteiger partial charge on any atom is 0.269 e. The van der Waals surface area contributed by atoms with Gasteiger partial charge >= 0.3 is 0 Å². The van der Waals surface area contributed by atoms with E-state index in [0.717, 1.165) is 21.9 Å². The second-order valence-electron chi connectivity index (χ2n) is 11.6. The van der Waals surface area contributed by atoms with Gasteiger partial charge in [0.1, 0.15) is 11.6 Å². The number of halogens is 3. The van der Waals surface area contributed by atoms with E-state index in [2.05, 4.69) is 0 Å². The van der Waals surface area contributed by atoms with E-state index in [9.17, 15) is 38.8 Å². The smallest absolute Gasteiger partial charge is 0.269 e. The SMILES string of the molecule is O=C1[C@H]2[C@H](CC=C3[C@H]2C[C@@]2(Cl)C(=O)N(c4ccc(F)cc4)C(=O)[C@@]2(Cl)[C@H]3c2cccc(O)c2)C(=O)N1c1ccc([N+](=O)[O-])cc1. The van der Waals surface area contributed by atoms with Crippen molar-refractivity contribution in [2.75, 3.05) is 9.80 Å². The van der Waals surface area contributed by atoms with Crippen molar-refractivity contribution < 1.29 is 33.6 Å². The van der Waals surface area contributed by atoms with E-state index in [0.29, 0.717) is 11.1 Å². The molecule has 0 radical (unpaired) electrons. The molecule has 2 heterocycles. The van der Waals surface area contributed by atoms with Gasteiger partial charge in [0.15, 0.2) is 9.75 Å². The van der Waals surface area contributed by atoms with Gasteiger partial charge in [-0.15, -0.1) is 23.2 Å². The molecule has 0 unspecified atom stereocenters. The molecule has 6 atom stereocenters. The zero-order chi connectivity index (χ0) is 32.0. The Hall–Kier alpha value is -4.61. The summed E-state index contributed by atoms with van der Waals surface area (Å²) in [5.74, 6) is -7.20. The summed E-state index contributed by atoms with van der Waals surface area (Å²) < 4.78 is 13.8. The van der Waals surface area contributed by atoms with E-state index in [1.165, 1.54) is 48.5 Å². The van der Waals surface area contributed by atoms with Crippen LogP contribution < -0.4 is 9.80 Å². The van der Waals surface area contributed by atoms with Crippen LogP contribution in [0.3, 0.4) is 0 Å². The van der Waals surface area contributed by atoms with Crippen LogP contribution >= 0.6 is 23.2 Å². The van der Waals surface area contributed by atoms with Crippen LogP contribution in [0.4, 0.5) is 21.5 Å². The first-order valence-corrected chi connectivity index (χ1v) is 14.8. The van der Waals surface area contributed by atoms with Crippen LogP contribution in [0, 0.1) is 33.7 Å². The highest BCUT2D eigenvalue weighted by Crippen LogP contribution is 2.66. The van der Waals surface area contributed by atoms with Gasteiger partial charge in [0.05, 0.1) is 28.1 Å². The lowest BCUT2D eigenvalue weighted by molar-refractivity contribution is -0.384. The molecule has 1 N–H and O–H groups in total. The number of carbonyl (C=O) groups excluding carboxylic acids is 4. The minimum absolute atomic E-state index is 0.0572. The Labute approximate surface area is 264 Å². The lowest BCUT2D eigenvalue weighted by Crippen LogP contribution is -2.60. The molecule has 7 rings (SSSR count). The Balaban J connectivity index is 1.36. The predicted octanol–water partition coefficient (Wildman–Crippen LogP) is 5.21. The molecule has 45 heavy (non-hydrogen) atoms. The summed E-state index contributed by atoms with van der Waals surface area (Å²) in [7, 11) is 0. The van der Waals surface area contributed by atoms with Gasteiger partial charge < -0.3 is 5.11 Å². The normalized spacial score (nSPS) is 30.6. The number of allylic oxidation sites excluding steroid dienone is 2. The number of fused-ring (bicyclic) bond motifs is 4. The molecule has 2 aliphatic heterocycles. The zero-order valence-corrected chi connectivity index (χ0v) is 24.6. The summed E-state index contributed by atoms with van der Waals surface area (Å²) in [6, 6.07) is 15.8. The van der Waals surface area contributed by atoms with Crippen LogP contribution in [0.15, 0.2) is 84.4 Å². The number of benzene rings is 3. The second kappa shape index (κ2) is 9.95. The third-order valence-electron chi connectivity index (χ3n) is 9.42. The number of nitro groups is 1. The average molecular weight is 650 g/mol. The molecule has 3 aromatic rings. The standard InChI is InChI=1S/C32H22Cl2FN3O7/c33-31-15-24-22(12-13-23-25(24)28(41)36(27(23)40)18-8-10-20(11-9-18)38(44)45)26(16-2-1-3-21(39)14-16)32(31,34)30(43)37(29(31)42)19-6-4-17(35)5-7-19/h1-12,14,23-26,39H,13,15H2/t23-,24+,25-,26-,31+,32-/m0/s1. The van der Waals surface area contributed by atoms with E-state index in [1.54, 1.807) is 18.2 Å². The summed E-state index contributed by atoms with van der Waals surface area (Å²) >= 11 is 14.6. The average Bonchev–Trinajstić information content (AvgIpc) is 3.35. The summed E-state index contributed by atoms with van der Waals surface area (Å²) in [4.78, 5) is 64.4. The number of aromatic hydroxyl groups is 1. The van der Waals surface area contributed by atoms with Crippen molar-refractivity contribution >= 4 is 63.9 Å². The van der Waals surface area contributed by atoms with E-state index in [-0.39, 0.29) is 35.7 Å². The topological polar surface area (TPSA) is 138 Å². The molecule has 13 heteroatoms. The molecule has 1 saturated carbocycles. The molecule has 228 valence electrons. The van der Waals surface area contributed by atoms with Crippen LogP contribution in [-0.4, -0.2) is 43.4 Å². The van der Waals surface area contributed by atoms with Gasteiger partial charge in [-0.2, -0.15) is 0 Å². The molecule has 2 aliphatic carbocycles. The van der Waals surface area contributed by atoms with E-state index < -0.39 is 67.8 Å². The number of rotatable bonds is 4. The number of alkyl halides is 2. The van der Waals surface area contributed by atoms with Gasteiger partial charge in [0.25, 0.3) is 17.5 Å². The molecule has 0 spiro atoms. The van der Waals surface area contributed by atoms with Crippen molar-refractivity contribution in [3.8, 4) is 5.75 Å². The molecular weight excluding hydrogens is 628 g/mol. The Morgan fingerprint density at radius 3 is 2.16 bits per heavy atom. The first-order chi connectivity index (χ1) is 21.4. The lowest BCUT2D eigenvalue weighted by atomic mass is 9.56. The third kappa shape index (κ3) is 3.93. The third-order valence-corrected chi connectivity index (χ3v) is 10.8. The van der Waals surface area contributed by atoms with Crippen molar-refractivity contribution in [3.63, 3.8) is 0 Å². The van der Waals surface area contributed by atoms with Gasteiger partial charge in [-0.3, -0.25) is 34.2 Å². The maximum atomic E-state index is 14.3. The van der Waals surface area contributed by atoms with Crippen molar-refractivity contribution in [2.45, 2.75) is 28.5 Å². The largest absolute Gasteiger partial charge is 0.508 e. The van der Waals surface area contributed by atoms with Gasteiger partial charge in [0.2, 0.25) is 11.8 Å². The fraction of sp³-hybridized carbons (Fsp3) is 0.250. The van der Waals surface area contributed by atoms with Crippen molar-refractivity contribution in [1.82, 2.24) is 0 Å². The minimum atomic E-state index is -2.12. The highest BCUT2D eigenvalue weighted by Gasteiger charge is 2.76. The zero-order valence-electron chi connectivity index (χ0n) is 23.1. The number of nitrogens with zero attached hydrogens (tertiary/aromatic N) is 3. The molecule has 3 fully saturated rings. The lowest BCUT2D eigenvalue weighted by Gasteiger charge is -2.50. The van der Waals surface area contributed by atoms with Crippen molar-refractivity contribution in [3.05, 3.63) is 106 Å². The van der Waals surface area contributed by atoms with Crippen molar-refractivity contribution in [1.29, 1.82) is 0 Å². The molecule has 0 bridgehead atoms. The van der Waals surface area contributed by atoms with E-state index in [1.807, 2.05) is 0 Å². The van der Waals surface area contributed by atoms with Crippen LogP contribution in [0.1, 0.15) is 24.3 Å². The molecule has 4 amide bonds. The molecule has 10 nitrogen and oxygen atoms in total. The maximum absolute atomic E-state index is 14.3. The number of phenols is 1. The number of phenolic OH excluding ortho intramolecular Hbond substituents is 1. The van der Waals surface area contributed by atoms with Gasteiger partial charge in [-0.1, -0.05) is 23.8 Å². The first kappa shape index (κ1) is 29.1. The number of imide groups is 2. The summed E-state index contributed by atoms with van der Waals surface area (Å²) in [6.07, 6.45) is 1.60. The minimum Gasteiger partial charge on any atom is -0.508 e. The van der Waals surface area contributed by atoms with E-state index >= 15 is 0 Å². The summed E-state index contributed by atoms with van der Waals surface area (Å²) in [5.41, 5.74) is 0.908. The fourth-order valence-corrected chi connectivity index (χ4v) is 8.39. The summed E-state index contributed by atoms with van der Waals surface area (Å²) in [6.45, 7) is 0. The number of non-ortho nitro benzene ring substituents is 1. The van der Waals surface area contributed by atoms with Crippen molar-refractivity contribution in [2.24, 2.45) is 17.8 Å². The number of hydrogen-bond donors (Lipinski definition) is 1. The molecule has 2 saturated heterocycles. The monoisotopic (exact) mass is 649 g/mol. The van der Waals surface area contributed by atoms with Crippen LogP contribution in [0.25, 0.3) is 0 Å². The Morgan fingerprint density at radius 2 is 1.51 bits per heavy atom. The molecule has 0 aromatic heterocycles. The van der Waals surface area contributed by atoms with Crippen LogP contribution in [-0.2, 0) is 19.2 Å². The molecular formula is C32H22Cl2FN3O7. The first-order valence-electron chi connectivity index (χ1n) is 14.0. The van der Waals surface area contributed by atoms with Gasteiger partial charge in [-0.25, -0.2) is 9.29 Å². The number of carbonyl (C=O) groups is 4. The molecule has 3 aromatic carbocycles. The molecule has 4 aliphatic rings. The predicted molar refractivity (Wildman–Crippen MR) is 160 cm³/mol. The van der Waals surface area contributed by atoms with Gasteiger partial charge in [0, 0.05) is 18.1 Å². The fourth-order valence-electron chi connectivity index (χ4n) is 7.45. The Kier molecular flexibility index (Phi) is 6.44. The Morgan fingerprint density at radius 1 is 0.867 bits per heavy atom. The van der Waals surface area contributed by atoms with Crippen LogP contribution in [0.2, 0.25) is 0 Å². The highest BCUT2D eigenvalue weighted by atomic mass is 35.5. The number of amides is 4. The van der Waals surface area contributed by atoms with Gasteiger partial charge in [-0.05, 0) is 72.9 Å². The summed E-state index contributed by atoms with van der Waals surface area (Å²) in [5, 5.41) is 21.6. The quantitative estimate of drug-likeness (QED) is 0.135. The highest BCUT2D eigenvalue weighted by molar-refractivity contribution is 6.58. The van der Waals surface area contributed by atoms with E-state index in [4.69, 9.17) is 23.2 Å². The second-order valence-corrected chi connectivity index (χ2v) is 12.9. The number of anilines is 2. The van der Waals surface area contributed by atoms with Crippen LogP contribution in [0.5, 0.6) is 5.75 Å².